The zero-order valence-corrected chi connectivity index (χ0v) is 28.6. The number of halogens is 4. The van der Waals surface area contributed by atoms with Gasteiger partial charge in [0.05, 0.1) is 21.2 Å². The van der Waals surface area contributed by atoms with Gasteiger partial charge in [-0.3, -0.25) is 19.6 Å². The van der Waals surface area contributed by atoms with E-state index in [1.807, 2.05) is 25.1 Å². The molecule has 2 amide bonds. The highest BCUT2D eigenvalue weighted by molar-refractivity contribution is 6.31. The normalized spacial score (nSPS) is 13.4. The van der Waals surface area contributed by atoms with Crippen LogP contribution in [0, 0.1) is 18.6 Å². The Kier molecular flexibility index (Phi) is 8.82. The fraction of sp³-hybridized carbons (Fsp3) is 0.128. The standard InChI is InChI=1S/C20H14ClFN2O2.C19H14ClFN2O2/c1-2-12-5-6-23-18-14(12)8-13-10-24(20(26)17(13)19(18)25)9-11-3-4-16(22)15(21)7-11;1-10-4-5-22-17-13(10)7-12-9-23(19(25)16(12)18(17)24)8-11-2-3-15(21)14(20)6-11/h2-8,25H,1,9-10H2;2-7,24H,8-9H2,1H3. The summed E-state index contributed by atoms with van der Waals surface area (Å²) in [4.78, 5) is 37.1. The summed E-state index contributed by atoms with van der Waals surface area (Å²) in [6, 6.07) is 16.2. The van der Waals surface area contributed by atoms with E-state index in [2.05, 4.69) is 16.5 Å². The molecule has 4 aromatic carbocycles. The average Bonchev–Trinajstić information content (AvgIpc) is 3.59. The van der Waals surface area contributed by atoms with Crippen molar-refractivity contribution in [2.45, 2.75) is 33.1 Å². The average molecular weight is 726 g/mol. The number of aromatic nitrogens is 2. The minimum Gasteiger partial charge on any atom is -0.505 e. The highest BCUT2D eigenvalue weighted by Gasteiger charge is 2.33. The van der Waals surface area contributed by atoms with Gasteiger partial charge in [-0.1, -0.05) is 48.0 Å². The molecule has 256 valence electrons. The second-order valence-electron chi connectivity index (χ2n) is 12.4. The largest absolute Gasteiger partial charge is 0.505 e. The number of carbonyl (C=O) groups excluding carboxylic acids is 2. The van der Waals surface area contributed by atoms with E-state index in [1.165, 1.54) is 24.3 Å². The fourth-order valence-corrected chi connectivity index (χ4v) is 6.96. The van der Waals surface area contributed by atoms with E-state index in [0.717, 1.165) is 38.6 Å². The molecule has 2 aliphatic heterocycles. The van der Waals surface area contributed by atoms with Crippen molar-refractivity contribution >= 4 is 62.9 Å². The van der Waals surface area contributed by atoms with Crippen LogP contribution < -0.4 is 0 Å². The second-order valence-corrected chi connectivity index (χ2v) is 13.2. The van der Waals surface area contributed by atoms with Gasteiger partial charge in [-0.15, -0.1) is 0 Å². The van der Waals surface area contributed by atoms with Crippen molar-refractivity contribution < 1.29 is 28.6 Å². The van der Waals surface area contributed by atoms with Gasteiger partial charge in [-0.2, -0.15) is 0 Å². The number of benzene rings is 4. The van der Waals surface area contributed by atoms with E-state index in [1.54, 1.807) is 46.5 Å². The van der Waals surface area contributed by atoms with E-state index in [0.29, 0.717) is 35.2 Å². The van der Waals surface area contributed by atoms with Gasteiger partial charge < -0.3 is 20.0 Å². The SMILES string of the molecule is C=Cc1ccnc2c(O)c3c(cc12)CN(Cc1ccc(F)c(Cl)c1)C3=O.Cc1ccnc2c(O)c3c(cc12)CN(Cc1ccc(F)c(Cl)c1)C3=O. The fourth-order valence-electron chi connectivity index (χ4n) is 6.55. The summed E-state index contributed by atoms with van der Waals surface area (Å²) >= 11 is 11.6. The van der Waals surface area contributed by atoms with Gasteiger partial charge in [-0.25, -0.2) is 8.78 Å². The molecule has 2 aromatic heterocycles. The molecule has 51 heavy (non-hydrogen) atoms. The lowest BCUT2D eigenvalue weighted by Crippen LogP contribution is -2.23. The lowest BCUT2D eigenvalue weighted by Gasteiger charge is -2.15. The first kappa shape index (κ1) is 33.9. The van der Waals surface area contributed by atoms with E-state index in [9.17, 15) is 28.6 Å². The summed E-state index contributed by atoms with van der Waals surface area (Å²) in [5, 5.41) is 22.8. The Bertz CT molecular complexity index is 2460. The Hall–Kier alpha value is -5.58. The first-order valence-corrected chi connectivity index (χ1v) is 16.5. The third-order valence-corrected chi connectivity index (χ3v) is 9.67. The summed E-state index contributed by atoms with van der Waals surface area (Å²) in [5.41, 5.74) is 6.11. The van der Waals surface area contributed by atoms with Gasteiger partial charge >= 0.3 is 0 Å². The summed E-state index contributed by atoms with van der Waals surface area (Å²) in [7, 11) is 0. The quantitative estimate of drug-likeness (QED) is 0.184. The number of pyridine rings is 2. The van der Waals surface area contributed by atoms with Gasteiger partial charge in [0.25, 0.3) is 11.8 Å². The topological polar surface area (TPSA) is 107 Å². The van der Waals surface area contributed by atoms with Crippen LogP contribution in [0.5, 0.6) is 11.5 Å². The van der Waals surface area contributed by atoms with Crippen molar-refractivity contribution in [3.8, 4) is 11.5 Å². The monoisotopic (exact) mass is 724 g/mol. The first-order valence-electron chi connectivity index (χ1n) is 15.8. The third kappa shape index (κ3) is 6.11. The summed E-state index contributed by atoms with van der Waals surface area (Å²) in [5.74, 6) is -1.75. The van der Waals surface area contributed by atoms with Gasteiger partial charge in [0.1, 0.15) is 22.7 Å². The number of phenolic OH excluding ortho intramolecular Hbond substituents is 2. The van der Waals surface area contributed by atoms with Crippen molar-refractivity contribution in [1.82, 2.24) is 19.8 Å². The Morgan fingerprint density at radius 3 is 1.71 bits per heavy atom. The molecule has 0 aliphatic carbocycles. The van der Waals surface area contributed by atoms with Crippen molar-refractivity contribution in [2.75, 3.05) is 0 Å². The number of hydrogen-bond acceptors (Lipinski definition) is 6. The summed E-state index contributed by atoms with van der Waals surface area (Å²) < 4.78 is 26.6. The maximum absolute atomic E-state index is 13.3. The minimum atomic E-state index is -0.502. The number of carbonyl (C=O) groups is 2. The summed E-state index contributed by atoms with van der Waals surface area (Å²) in [6.45, 7) is 6.99. The van der Waals surface area contributed by atoms with Gasteiger partial charge in [0.2, 0.25) is 0 Å². The predicted molar refractivity (Wildman–Crippen MR) is 192 cm³/mol. The summed E-state index contributed by atoms with van der Waals surface area (Å²) in [6.07, 6.45) is 4.87. The van der Waals surface area contributed by atoms with Crippen LogP contribution in [0.25, 0.3) is 27.9 Å². The molecule has 0 atom stereocenters. The molecule has 4 heterocycles. The molecule has 6 aromatic rings. The van der Waals surface area contributed by atoms with Crippen LogP contribution in [0.1, 0.15) is 54.1 Å². The van der Waals surface area contributed by atoms with Crippen molar-refractivity contribution in [1.29, 1.82) is 0 Å². The Morgan fingerprint density at radius 2 is 1.22 bits per heavy atom. The van der Waals surface area contributed by atoms with Crippen LogP contribution >= 0.6 is 23.2 Å². The Labute approximate surface area is 300 Å². The maximum atomic E-state index is 13.3. The Balaban J connectivity index is 0.000000159. The number of phenols is 2. The number of amides is 2. The molecule has 0 bridgehead atoms. The molecular formula is C39H28Cl2F2N4O4. The molecule has 0 fully saturated rings. The van der Waals surface area contributed by atoms with Crippen LogP contribution in [-0.4, -0.2) is 41.8 Å². The van der Waals surface area contributed by atoms with E-state index in [-0.39, 0.29) is 52.0 Å². The number of aryl methyl sites for hydroxylation is 1. The number of rotatable bonds is 5. The molecular weight excluding hydrogens is 697 g/mol. The van der Waals surface area contributed by atoms with Gasteiger partial charge in [0.15, 0.2) is 11.5 Å². The molecule has 2 N–H and O–H groups in total. The van der Waals surface area contributed by atoms with Crippen molar-refractivity contribution in [2.24, 2.45) is 0 Å². The zero-order valence-electron chi connectivity index (χ0n) is 27.1. The molecule has 0 radical (unpaired) electrons. The zero-order chi connectivity index (χ0) is 36.1. The van der Waals surface area contributed by atoms with Crippen LogP contribution in [0.3, 0.4) is 0 Å². The predicted octanol–water partition coefficient (Wildman–Crippen LogP) is 8.73. The van der Waals surface area contributed by atoms with Gasteiger partial charge in [0, 0.05) is 49.3 Å². The molecule has 8 rings (SSSR count). The maximum Gasteiger partial charge on any atom is 0.258 e. The van der Waals surface area contributed by atoms with E-state index < -0.39 is 11.6 Å². The third-order valence-electron chi connectivity index (χ3n) is 9.09. The molecule has 0 unspecified atom stereocenters. The lowest BCUT2D eigenvalue weighted by atomic mass is 10.0. The molecule has 0 spiro atoms. The highest BCUT2D eigenvalue weighted by atomic mass is 35.5. The van der Waals surface area contributed by atoms with E-state index >= 15 is 0 Å². The van der Waals surface area contributed by atoms with Crippen LogP contribution in [0.2, 0.25) is 10.0 Å². The van der Waals surface area contributed by atoms with Crippen LogP contribution in [-0.2, 0) is 26.2 Å². The second kappa shape index (κ2) is 13.3. The molecule has 2 aliphatic rings. The Morgan fingerprint density at radius 1 is 0.745 bits per heavy atom. The van der Waals surface area contributed by atoms with Crippen LogP contribution in [0.15, 0.2) is 79.6 Å². The van der Waals surface area contributed by atoms with Crippen LogP contribution in [0.4, 0.5) is 8.78 Å². The van der Waals surface area contributed by atoms with Gasteiger partial charge in [-0.05, 0) is 88.8 Å². The number of hydrogen-bond donors (Lipinski definition) is 2. The molecule has 12 heteroatoms. The molecule has 0 saturated heterocycles. The smallest absolute Gasteiger partial charge is 0.258 e. The molecule has 0 saturated carbocycles. The van der Waals surface area contributed by atoms with E-state index in [4.69, 9.17) is 23.2 Å². The highest BCUT2D eigenvalue weighted by Crippen LogP contribution is 2.39. The van der Waals surface area contributed by atoms with Crippen molar-refractivity contribution in [3.63, 3.8) is 0 Å². The first-order chi connectivity index (χ1) is 24.4. The number of aromatic hydroxyl groups is 2. The minimum absolute atomic E-state index is 0.0140. The number of fused-ring (bicyclic) bond motifs is 4. The lowest BCUT2D eigenvalue weighted by molar-refractivity contribution is 0.0757. The van der Waals surface area contributed by atoms with Crippen molar-refractivity contribution in [3.05, 3.63) is 146 Å². The molecule has 8 nitrogen and oxygen atoms in total. The number of nitrogens with zero attached hydrogens (tertiary/aromatic N) is 4.